The van der Waals surface area contributed by atoms with Gasteiger partial charge in [-0.1, -0.05) is 23.9 Å². The predicted octanol–water partition coefficient (Wildman–Crippen LogP) is 1.90. The summed E-state index contributed by atoms with van der Waals surface area (Å²) in [5.74, 6) is 1.45. The van der Waals surface area contributed by atoms with Gasteiger partial charge in [0.25, 0.3) is 5.91 Å². The van der Waals surface area contributed by atoms with Gasteiger partial charge in [0.1, 0.15) is 6.33 Å². The summed E-state index contributed by atoms with van der Waals surface area (Å²) in [6.07, 6.45) is 3.80. The van der Waals surface area contributed by atoms with Gasteiger partial charge in [0.05, 0.1) is 0 Å². The van der Waals surface area contributed by atoms with Gasteiger partial charge in [0.2, 0.25) is 0 Å². The molecule has 1 fully saturated rings. The maximum atomic E-state index is 12.1. The summed E-state index contributed by atoms with van der Waals surface area (Å²) in [6.45, 7) is 2.82. The van der Waals surface area contributed by atoms with Crippen molar-refractivity contribution in [2.45, 2.75) is 18.0 Å². The van der Waals surface area contributed by atoms with Crippen molar-refractivity contribution in [3.05, 3.63) is 41.7 Å². The smallest absolute Gasteiger partial charge is 0.251 e. The van der Waals surface area contributed by atoms with E-state index in [2.05, 4.69) is 37.9 Å². The second kappa shape index (κ2) is 9.66. The molecule has 3 N–H and O–H groups in total. The molecule has 130 valence electrons. The first kappa shape index (κ1) is 18.8. The Balaban J connectivity index is 0.00000208. The van der Waals surface area contributed by atoms with Crippen LogP contribution >= 0.6 is 24.2 Å². The van der Waals surface area contributed by atoms with Crippen molar-refractivity contribution in [1.29, 1.82) is 0 Å². The van der Waals surface area contributed by atoms with E-state index in [1.165, 1.54) is 30.1 Å². The van der Waals surface area contributed by atoms with Gasteiger partial charge in [0, 0.05) is 17.9 Å². The number of thioether (sulfide) groups is 1. The Morgan fingerprint density at radius 2 is 2.17 bits per heavy atom. The molecule has 0 bridgehead atoms. The normalized spacial score (nSPS) is 16.6. The molecule has 1 aromatic carbocycles. The molecule has 1 saturated heterocycles. The quantitative estimate of drug-likeness (QED) is 0.514. The predicted molar refractivity (Wildman–Crippen MR) is 97.8 cm³/mol. The van der Waals surface area contributed by atoms with Crippen molar-refractivity contribution in [2.75, 3.05) is 25.4 Å². The number of aromatic nitrogens is 3. The van der Waals surface area contributed by atoms with Crippen LogP contribution in [0.1, 0.15) is 22.3 Å². The van der Waals surface area contributed by atoms with Crippen LogP contribution in [0, 0.1) is 5.92 Å². The number of benzene rings is 1. The van der Waals surface area contributed by atoms with E-state index in [4.69, 9.17) is 0 Å². The summed E-state index contributed by atoms with van der Waals surface area (Å²) in [6, 6.07) is 7.96. The van der Waals surface area contributed by atoms with Crippen molar-refractivity contribution in [3.8, 4) is 0 Å². The van der Waals surface area contributed by atoms with Gasteiger partial charge in [-0.15, -0.1) is 12.4 Å². The Bertz CT molecular complexity index is 614. The highest BCUT2D eigenvalue weighted by Crippen LogP contribution is 2.16. The van der Waals surface area contributed by atoms with Crippen LogP contribution in [0.4, 0.5) is 0 Å². The molecular weight excluding hydrogens is 346 g/mol. The van der Waals surface area contributed by atoms with Crippen molar-refractivity contribution < 1.29 is 4.79 Å². The van der Waals surface area contributed by atoms with Crippen molar-refractivity contribution in [2.24, 2.45) is 5.92 Å². The summed E-state index contributed by atoms with van der Waals surface area (Å²) in [5, 5.41) is 13.6. The second-order valence-corrected chi connectivity index (χ2v) is 6.74. The molecule has 3 rings (SSSR count). The van der Waals surface area contributed by atoms with E-state index < -0.39 is 0 Å². The van der Waals surface area contributed by atoms with Crippen LogP contribution in [0.3, 0.4) is 0 Å². The van der Waals surface area contributed by atoms with Gasteiger partial charge < -0.3 is 10.6 Å². The van der Waals surface area contributed by atoms with Crippen molar-refractivity contribution in [3.63, 3.8) is 0 Å². The molecule has 1 unspecified atom stereocenters. The Hall–Kier alpha value is -1.57. The number of nitrogens with one attached hydrogen (secondary N) is 3. The van der Waals surface area contributed by atoms with Gasteiger partial charge in [0.15, 0.2) is 5.16 Å². The monoisotopic (exact) mass is 367 g/mol. The molecule has 0 spiro atoms. The number of rotatable bonds is 7. The first-order valence-electron chi connectivity index (χ1n) is 7.87. The lowest BCUT2D eigenvalue weighted by atomic mass is 9.98. The topological polar surface area (TPSA) is 82.7 Å². The van der Waals surface area contributed by atoms with Crippen LogP contribution in [0.15, 0.2) is 35.7 Å². The highest BCUT2D eigenvalue weighted by atomic mass is 35.5. The van der Waals surface area contributed by atoms with Gasteiger partial charge >= 0.3 is 0 Å². The fraction of sp³-hybridized carbons (Fsp3) is 0.438. The second-order valence-electron chi connectivity index (χ2n) is 5.65. The van der Waals surface area contributed by atoms with E-state index in [0.29, 0.717) is 12.1 Å². The van der Waals surface area contributed by atoms with Crippen LogP contribution < -0.4 is 10.6 Å². The third-order valence-corrected chi connectivity index (χ3v) is 4.80. The number of carbonyl (C=O) groups is 1. The summed E-state index contributed by atoms with van der Waals surface area (Å²) >= 11 is 1.53. The van der Waals surface area contributed by atoms with Crippen LogP contribution in [-0.2, 0) is 6.42 Å². The molecule has 0 saturated carbocycles. The number of nitrogens with zero attached hydrogens (tertiary/aromatic N) is 2. The van der Waals surface area contributed by atoms with Crippen LogP contribution in [-0.4, -0.2) is 46.5 Å². The molecule has 1 amide bonds. The highest BCUT2D eigenvalue weighted by molar-refractivity contribution is 7.99. The lowest BCUT2D eigenvalue weighted by molar-refractivity contribution is 0.0956. The molecular formula is C16H22ClN5OS. The van der Waals surface area contributed by atoms with E-state index in [1.54, 1.807) is 0 Å². The van der Waals surface area contributed by atoms with E-state index in [0.717, 1.165) is 36.3 Å². The Labute approximate surface area is 152 Å². The first-order valence-corrected chi connectivity index (χ1v) is 8.86. The summed E-state index contributed by atoms with van der Waals surface area (Å²) in [4.78, 5) is 16.1. The number of halogens is 1. The Morgan fingerprint density at radius 1 is 1.33 bits per heavy atom. The third-order valence-electron chi connectivity index (χ3n) is 3.92. The zero-order chi connectivity index (χ0) is 15.9. The van der Waals surface area contributed by atoms with E-state index in [-0.39, 0.29) is 18.3 Å². The third kappa shape index (κ3) is 5.51. The molecule has 1 aromatic heterocycles. The first-order chi connectivity index (χ1) is 11.3. The number of amides is 1. The average molecular weight is 368 g/mol. The fourth-order valence-corrected chi connectivity index (χ4v) is 3.33. The maximum absolute atomic E-state index is 12.1. The largest absolute Gasteiger partial charge is 0.351 e. The highest BCUT2D eigenvalue weighted by Gasteiger charge is 2.15. The number of aromatic amines is 1. The number of hydrogen-bond donors (Lipinski definition) is 3. The lowest BCUT2D eigenvalue weighted by Gasteiger charge is -2.09. The van der Waals surface area contributed by atoms with E-state index in [1.807, 2.05) is 12.1 Å². The SMILES string of the molecule is Cl.O=C(NCCSc1ncn[nH]1)c1ccc(CC2CCNC2)cc1. The summed E-state index contributed by atoms with van der Waals surface area (Å²) in [7, 11) is 0. The minimum absolute atomic E-state index is 0. The molecule has 2 heterocycles. The van der Waals surface area contributed by atoms with Crippen molar-refractivity contribution >= 4 is 30.1 Å². The number of hydrogen-bond acceptors (Lipinski definition) is 5. The standard InChI is InChI=1S/C16H21N5OS.ClH/c22-15(18-7-8-23-16-19-11-20-21-16)14-3-1-12(2-4-14)9-13-5-6-17-10-13;/h1-4,11,13,17H,5-10H2,(H,18,22)(H,19,20,21);1H. The summed E-state index contributed by atoms with van der Waals surface area (Å²) < 4.78 is 0. The van der Waals surface area contributed by atoms with Crippen LogP contribution in [0.25, 0.3) is 0 Å². The molecule has 0 radical (unpaired) electrons. The zero-order valence-corrected chi connectivity index (χ0v) is 15.0. The maximum Gasteiger partial charge on any atom is 0.251 e. The van der Waals surface area contributed by atoms with Gasteiger partial charge in [-0.3, -0.25) is 9.89 Å². The minimum Gasteiger partial charge on any atom is -0.351 e. The molecule has 1 aliphatic heterocycles. The molecule has 8 heteroatoms. The number of H-pyrrole nitrogens is 1. The van der Waals surface area contributed by atoms with Crippen LogP contribution in [0.2, 0.25) is 0 Å². The fourth-order valence-electron chi connectivity index (χ4n) is 2.69. The van der Waals surface area contributed by atoms with E-state index in [9.17, 15) is 4.79 Å². The lowest BCUT2D eigenvalue weighted by Crippen LogP contribution is -2.25. The molecule has 6 nitrogen and oxygen atoms in total. The van der Waals surface area contributed by atoms with Crippen molar-refractivity contribution in [1.82, 2.24) is 25.8 Å². The van der Waals surface area contributed by atoms with Crippen LogP contribution in [0.5, 0.6) is 0 Å². The van der Waals surface area contributed by atoms with Gasteiger partial charge in [-0.2, -0.15) is 5.10 Å². The number of carbonyl (C=O) groups excluding carboxylic acids is 1. The molecule has 0 aliphatic carbocycles. The summed E-state index contributed by atoms with van der Waals surface area (Å²) in [5.41, 5.74) is 2.01. The van der Waals surface area contributed by atoms with E-state index >= 15 is 0 Å². The Kier molecular flexibility index (Phi) is 7.55. The zero-order valence-electron chi connectivity index (χ0n) is 13.3. The van der Waals surface area contributed by atoms with Gasteiger partial charge in [-0.05, 0) is 49.5 Å². The Morgan fingerprint density at radius 3 is 2.83 bits per heavy atom. The molecule has 2 aromatic rings. The van der Waals surface area contributed by atoms with Gasteiger partial charge in [-0.25, -0.2) is 4.98 Å². The molecule has 1 atom stereocenters. The average Bonchev–Trinajstić information content (AvgIpc) is 3.26. The molecule has 1 aliphatic rings. The minimum atomic E-state index is -0.0303. The molecule has 24 heavy (non-hydrogen) atoms.